The third-order valence-corrected chi connectivity index (χ3v) is 4.82. The van der Waals surface area contributed by atoms with Crippen LogP contribution in [0.2, 0.25) is 0 Å². The molecular formula is C15H28N2O3. The third kappa shape index (κ3) is 3.44. The summed E-state index contributed by atoms with van der Waals surface area (Å²) in [6, 6.07) is 0.843. The lowest BCUT2D eigenvalue weighted by Crippen LogP contribution is -2.57. The number of carboxylic acid groups (broad SMARTS) is 1. The van der Waals surface area contributed by atoms with Gasteiger partial charge in [0.1, 0.15) is 0 Å². The fourth-order valence-electron chi connectivity index (χ4n) is 3.64. The molecule has 2 atom stereocenters. The van der Waals surface area contributed by atoms with Crippen LogP contribution in [-0.4, -0.2) is 63.9 Å². The summed E-state index contributed by atoms with van der Waals surface area (Å²) in [6.07, 6.45) is 2.51. The van der Waals surface area contributed by atoms with Crippen LogP contribution in [0.4, 0.5) is 4.79 Å². The maximum atomic E-state index is 11.0. The van der Waals surface area contributed by atoms with E-state index >= 15 is 0 Å². The molecule has 0 aromatic rings. The number of piperidine rings is 2. The minimum Gasteiger partial charge on any atom is -0.465 e. The Morgan fingerprint density at radius 2 is 1.70 bits per heavy atom. The quantitative estimate of drug-likeness (QED) is 0.773. The van der Waals surface area contributed by atoms with Crippen LogP contribution in [0, 0.1) is 5.41 Å². The smallest absolute Gasteiger partial charge is 0.407 e. The molecule has 2 rings (SSSR count). The molecule has 116 valence electrons. The highest BCUT2D eigenvalue weighted by atomic mass is 16.4. The molecule has 2 heterocycles. The fourth-order valence-corrected chi connectivity index (χ4v) is 3.64. The van der Waals surface area contributed by atoms with Gasteiger partial charge in [0, 0.05) is 31.7 Å². The predicted molar refractivity (Wildman–Crippen MR) is 77.8 cm³/mol. The standard InChI is InChI=1S/C15H28N2O3/c1-15(2,3)13-10-12(18)6-9-17(13)11-4-7-16(8-5-11)14(19)20/h11-13,18H,4-10H2,1-3H3,(H,19,20). The Morgan fingerprint density at radius 3 is 2.20 bits per heavy atom. The summed E-state index contributed by atoms with van der Waals surface area (Å²) in [5, 5.41) is 19.0. The van der Waals surface area contributed by atoms with E-state index in [-0.39, 0.29) is 11.5 Å². The highest BCUT2D eigenvalue weighted by Crippen LogP contribution is 2.35. The fraction of sp³-hybridized carbons (Fsp3) is 0.933. The SMILES string of the molecule is CC(C)(C)C1CC(O)CCN1C1CCN(C(=O)O)CC1. The van der Waals surface area contributed by atoms with Crippen LogP contribution in [0.5, 0.6) is 0 Å². The van der Waals surface area contributed by atoms with Crippen molar-refractivity contribution in [1.82, 2.24) is 9.80 Å². The molecule has 2 aliphatic heterocycles. The average molecular weight is 284 g/mol. The third-order valence-electron chi connectivity index (χ3n) is 4.82. The van der Waals surface area contributed by atoms with Gasteiger partial charge in [-0.1, -0.05) is 20.8 Å². The molecule has 0 aliphatic carbocycles. The predicted octanol–water partition coefficient (Wildman–Crippen LogP) is 2.00. The Labute approximate surface area is 121 Å². The normalized spacial score (nSPS) is 30.5. The number of aliphatic hydroxyl groups is 1. The summed E-state index contributed by atoms with van der Waals surface area (Å²) < 4.78 is 0. The largest absolute Gasteiger partial charge is 0.465 e. The zero-order chi connectivity index (χ0) is 14.9. The van der Waals surface area contributed by atoms with E-state index in [9.17, 15) is 9.90 Å². The molecule has 0 radical (unpaired) electrons. The van der Waals surface area contributed by atoms with E-state index in [0.717, 1.165) is 32.2 Å². The molecule has 2 fully saturated rings. The lowest BCUT2D eigenvalue weighted by atomic mass is 9.78. The Hall–Kier alpha value is -0.810. The molecule has 2 unspecified atom stereocenters. The van der Waals surface area contributed by atoms with E-state index in [1.165, 1.54) is 4.90 Å². The van der Waals surface area contributed by atoms with Gasteiger partial charge in [0.05, 0.1) is 6.10 Å². The molecule has 1 amide bonds. The van der Waals surface area contributed by atoms with Crippen LogP contribution in [0.15, 0.2) is 0 Å². The van der Waals surface area contributed by atoms with E-state index in [2.05, 4.69) is 25.7 Å². The first-order chi connectivity index (χ1) is 9.29. The average Bonchev–Trinajstić information content (AvgIpc) is 2.38. The van der Waals surface area contributed by atoms with E-state index in [1.54, 1.807) is 0 Å². The summed E-state index contributed by atoms with van der Waals surface area (Å²) >= 11 is 0. The van der Waals surface area contributed by atoms with E-state index in [0.29, 0.717) is 25.2 Å². The first kappa shape index (κ1) is 15.6. The van der Waals surface area contributed by atoms with Gasteiger partial charge in [-0.15, -0.1) is 0 Å². The van der Waals surface area contributed by atoms with Gasteiger partial charge in [0.2, 0.25) is 0 Å². The number of carbonyl (C=O) groups is 1. The number of rotatable bonds is 1. The number of nitrogens with zero attached hydrogens (tertiary/aromatic N) is 2. The van der Waals surface area contributed by atoms with Gasteiger partial charge in [-0.2, -0.15) is 0 Å². The monoisotopic (exact) mass is 284 g/mol. The number of hydrogen-bond donors (Lipinski definition) is 2. The second-order valence-corrected chi connectivity index (χ2v) is 7.30. The van der Waals surface area contributed by atoms with Crippen LogP contribution >= 0.6 is 0 Å². The molecule has 2 N–H and O–H groups in total. The summed E-state index contributed by atoms with van der Waals surface area (Å²) in [7, 11) is 0. The second kappa shape index (κ2) is 5.90. The Morgan fingerprint density at radius 1 is 1.10 bits per heavy atom. The van der Waals surface area contributed by atoms with Crippen LogP contribution in [0.25, 0.3) is 0 Å². The molecule has 2 saturated heterocycles. The van der Waals surface area contributed by atoms with Crippen molar-refractivity contribution in [2.45, 2.75) is 64.6 Å². The van der Waals surface area contributed by atoms with Crippen LogP contribution in [-0.2, 0) is 0 Å². The summed E-state index contributed by atoms with van der Waals surface area (Å²) in [5.41, 5.74) is 0.144. The zero-order valence-electron chi connectivity index (χ0n) is 12.9. The number of likely N-dealkylation sites (tertiary alicyclic amines) is 2. The highest BCUT2D eigenvalue weighted by molar-refractivity contribution is 5.65. The molecule has 0 bridgehead atoms. The molecule has 5 heteroatoms. The van der Waals surface area contributed by atoms with Crippen molar-refractivity contribution in [2.75, 3.05) is 19.6 Å². The van der Waals surface area contributed by atoms with E-state index in [4.69, 9.17) is 5.11 Å². The maximum absolute atomic E-state index is 11.0. The molecular weight excluding hydrogens is 256 g/mol. The van der Waals surface area contributed by atoms with Crippen LogP contribution < -0.4 is 0 Å². The molecule has 2 aliphatic rings. The van der Waals surface area contributed by atoms with Crippen molar-refractivity contribution < 1.29 is 15.0 Å². The minimum absolute atomic E-state index is 0.144. The summed E-state index contributed by atoms with van der Waals surface area (Å²) in [5.74, 6) is 0. The van der Waals surface area contributed by atoms with Gasteiger partial charge in [-0.25, -0.2) is 4.79 Å². The summed E-state index contributed by atoms with van der Waals surface area (Å²) in [6.45, 7) is 8.89. The van der Waals surface area contributed by atoms with Crippen LogP contribution in [0.3, 0.4) is 0 Å². The zero-order valence-corrected chi connectivity index (χ0v) is 12.9. The van der Waals surface area contributed by atoms with Crippen molar-refractivity contribution >= 4 is 6.09 Å². The minimum atomic E-state index is -0.801. The first-order valence-corrected chi connectivity index (χ1v) is 7.70. The van der Waals surface area contributed by atoms with Crippen molar-refractivity contribution in [3.8, 4) is 0 Å². The maximum Gasteiger partial charge on any atom is 0.407 e. The number of aliphatic hydroxyl groups excluding tert-OH is 1. The van der Waals surface area contributed by atoms with Crippen molar-refractivity contribution in [1.29, 1.82) is 0 Å². The van der Waals surface area contributed by atoms with E-state index in [1.807, 2.05) is 0 Å². The Balaban J connectivity index is 2.01. The Bertz CT molecular complexity index is 346. The lowest BCUT2D eigenvalue weighted by Gasteiger charge is -2.50. The summed E-state index contributed by atoms with van der Waals surface area (Å²) in [4.78, 5) is 15.0. The lowest BCUT2D eigenvalue weighted by molar-refractivity contribution is -0.0389. The van der Waals surface area contributed by atoms with Gasteiger partial charge in [-0.3, -0.25) is 4.90 Å². The topological polar surface area (TPSA) is 64.0 Å². The Kier molecular flexibility index (Phi) is 4.59. The van der Waals surface area contributed by atoms with Gasteiger partial charge in [0.25, 0.3) is 0 Å². The molecule has 0 saturated carbocycles. The molecule has 20 heavy (non-hydrogen) atoms. The molecule has 0 aromatic carbocycles. The van der Waals surface area contributed by atoms with Gasteiger partial charge in [-0.05, 0) is 31.1 Å². The highest BCUT2D eigenvalue weighted by Gasteiger charge is 2.39. The molecule has 5 nitrogen and oxygen atoms in total. The van der Waals surface area contributed by atoms with Crippen molar-refractivity contribution in [3.63, 3.8) is 0 Å². The molecule has 0 spiro atoms. The van der Waals surface area contributed by atoms with Crippen molar-refractivity contribution in [3.05, 3.63) is 0 Å². The second-order valence-electron chi connectivity index (χ2n) is 7.30. The van der Waals surface area contributed by atoms with Crippen LogP contribution in [0.1, 0.15) is 46.5 Å². The molecule has 0 aromatic heterocycles. The van der Waals surface area contributed by atoms with E-state index < -0.39 is 6.09 Å². The van der Waals surface area contributed by atoms with Gasteiger partial charge in [0.15, 0.2) is 0 Å². The number of amides is 1. The number of hydrogen-bond acceptors (Lipinski definition) is 3. The van der Waals surface area contributed by atoms with Gasteiger partial charge >= 0.3 is 6.09 Å². The van der Waals surface area contributed by atoms with Crippen molar-refractivity contribution in [2.24, 2.45) is 5.41 Å². The van der Waals surface area contributed by atoms with Gasteiger partial charge < -0.3 is 15.1 Å². The first-order valence-electron chi connectivity index (χ1n) is 7.70.